The average molecular weight is 549 g/mol. The van der Waals surface area contributed by atoms with Gasteiger partial charge in [-0.05, 0) is 57.0 Å². The highest BCUT2D eigenvalue weighted by Crippen LogP contribution is 2.34. The van der Waals surface area contributed by atoms with Crippen molar-refractivity contribution in [2.24, 2.45) is 0 Å². The van der Waals surface area contributed by atoms with Crippen molar-refractivity contribution in [1.82, 2.24) is 10.9 Å². The highest BCUT2D eigenvalue weighted by atomic mass is 79.9. The van der Waals surface area contributed by atoms with E-state index in [9.17, 15) is 14.4 Å². The molecule has 0 saturated heterocycles. The summed E-state index contributed by atoms with van der Waals surface area (Å²) >= 11 is 6.93. The monoisotopic (exact) mass is 547 g/mol. The van der Waals surface area contributed by atoms with Gasteiger partial charge in [0.1, 0.15) is 5.75 Å². The first kappa shape index (κ1) is 22.8. The molecule has 0 aliphatic rings. The molecule has 0 aromatic heterocycles. The minimum atomic E-state index is -0.523. The summed E-state index contributed by atoms with van der Waals surface area (Å²) in [4.78, 5) is 35.7. The molecule has 0 heterocycles. The van der Waals surface area contributed by atoms with Gasteiger partial charge >= 0.3 is 0 Å². The molecule has 7 nitrogen and oxygen atoms in total. The van der Waals surface area contributed by atoms with E-state index in [1.807, 2.05) is 30.3 Å². The predicted molar refractivity (Wildman–Crippen MR) is 125 cm³/mol. The van der Waals surface area contributed by atoms with Crippen molar-refractivity contribution >= 4 is 66.0 Å². The van der Waals surface area contributed by atoms with E-state index in [-0.39, 0.29) is 25.4 Å². The van der Waals surface area contributed by atoms with Crippen molar-refractivity contribution in [2.45, 2.75) is 12.8 Å². The van der Waals surface area contributed by atoms with Gasteiger partial charge in [-0.25, -0.2) is 0 Å². The standard InChI is InChI=1S/C22H19Br2N3O4/c23-15-7-8-17-14(12-15)6-9-18(22(17)24)31-13-21(30)27-26-20(29)11-10-19(28)25-16-4-2-1-3-5-16/h1-9,12H,10-11,13H2,(H,25,28)(H,26,29)(H,27,30). The summed E-state index contributed by atoms with van der Waals surface area (Å²) in [6, 6.07) is 18.4. The molecule has 0 unspecified atom stereocenters. The van der Waals surface area contributed by atoms with Crippen LogP contribution in [0.2, 0.25) is 0 Å². The zero-order valence-corrected chi connectivity index (χ0v) is 19.5. The van der Waals surface area contributed by atoms with E-state index in [4.69, 9.17) is 4.74 Å². The Morgan fingerprint density at radius 2 is 1.52 bits per heavy atom. The molecule has 3 amide bonds. The van der Waals surface area contributed by atoms with Crippen LogP contribution in [0.3, 0.4) is 0 Å². The number of nitrogens with one attached hydrogen (secondary N) is 3. The Kier molecular flexibility index (Phi) is 8.02. The van der Waals surface area contributed by atoms with E-state index < -0.39 is 11.8 Å². The Hall–Kier alpha value is -2.91. The second-order valence-corrected chi connectivity index (χ2v) is 8.25. The molecule has 31 heavy (non-hydrogen) atoms. The molecule has 3 rings (SSSR count). The first-order chi connectivity index (χ1) is 14.9. The summed E-state index contributed by atoms with van der Waals surface area (Å²) in [5, 5.41) is 4.65. The molecule has 160 valence electrons. The zero-order valence-electron chi connectivity index (χ0n) is 16.3. The van der Waals surface area contributed by atoms with Crippen LogP contribution >= 0.6 is 31.9 Å². The number of rotatable bonds is 7. The molecule has 3 aromatic rings. The lowest BCUT2D eigenvalue weighted by Gasteiger charge is -2.11. The average Bonchev–Trinajstić information content (AvgIpc) is 2.76. The summed E-state index contributed by atoms with van der Waals surface area (Å²) in [5.74, 6) is -0.781. The third-order valence-corrected chi connectivity index (χ3v) is 5.53. The van der Waals surface area contributed by atoms with Gasteiger partial charge in [0, 0.05) is 23.0 Å². The molecular formula is C22H19Br2N3O4. The number of fused-ring (bicyclic) bond motifs is 1. The van der Waals surface area contributed by atoms with Crippen LogP contribution < -0.4 is 20.9 Å². The van der Waals surface area contributed by atoms with Crippen molar-refractivity contribution in [2.75, 3.05) is 11.9 Å². The van der Waals surface area contributed by atoms with Crippen LogP contribution in [0.1, 0.15) is 12.8 Å². The topological polar surface area (TPSA) is 96.5 Å². The third-order valence-electron chi connectivity index (χ3n) is 4.22. The fourth-order valence-corrected chi connectivity index (χ4v) is 3.69. The van der Waals surface area contributed by atoms with Crippen molar-refractivity contribution in [3.63, 3.8) is 0 Å². The summed E-state index contributed by atoms with van der Waals surface area (Å²) in [7, 11) is 0. The number of hydrazine groups is 1. The van der Waals surface area contributed by atoms with E-state index in [0.29, 0.717) is 11.4 Å². The number of hydrogen-bond acceptors (Lipinski definition) is 4. The summed E-state index contributed by atoms with van der Waals surface area (Å²) in [5.41, 5.74) is 5.20. The normalized spacial score (nSPS) is 10.4. The molecule has 0 bridgehead atoms. The first-order valence-corrected chi connectivity index (χ1v) is 10.9. The van der Waals surface area contributed by atoms with E-state index >= 15 is 0 Å². The summed E-state index contributed by atoms with van der Waals surface area (Å²) in [6.07, 6.45) is -0.0706. The van der Waals surface area contributed by atoms with E-state index in [1.165, 1.54) is 0 Å². The van der Waals surface area contributed by atoms with Gasteiger partial charge in [-0.15, -0.1) is 0 Å². The molecule has 0 spiro atoms. The Labute approximate surface area is 195 Å². The molecule has 0 aliphatic heterocycles. The van der Waals surface area contributed by atoms with Gasteiger partial charge < -0.3 is 10.1 Å². The van der Waals surface area contributed by atoms with Gasteiger partial charge in [0.2, 0.25) is 11.8 Å². The van der Waals surface area contributed by atoms with Crippen LogP contribution in [-0.2, 0) is 14.4 Å². The summed E-state index contributed by atoms with van der Waals surface area (Å²) in [6.45, 7) is -0.282. The van der Waals surface area contributed by atoms with Crippen molar-refractivity contribution in [3.05, 3.63) is 69.6 Å². The minimum absolute atomic E-state index is 0.00670. The Morgan fingerprint density at radius 1 is 0.806 bits per heavy atom. The van der Waals surface area contributed by atoms with Gasteiger partial charge in [0.05, 0.1) is 4.47 Å². The molecule has 3 N–H and O–H groups in total. The Balaban J connectivity index is 1.40. The number of para-hydroxylation sites is 1. The van der Waals surface area contributed by atoms with Gasteiger partial charge in [-0.3, -0.25) is 25.2 Å². The quantitative estimate of drug-likeness (QED) is 0.383. The Morgan fingerprint density at radius 3 is 2.29 bits per heavy atom. The largest absolute Gasteiger partial charge is 0.483 e. The maximum Gasteiger partial charge on any atom is 0.276 e. The van der Waals surface area contributed by atoms with Crippen LogP contribution in [-0.4, -0.2) is 24.3 Å². The molecule has 0 fully saturated rings. The number of carbonyl (C=O) groups excluding carboxylic acids is 3. The van der Waals surface area contributed by atoms with Crippen LogP contribution in [0.25, 0.3) is 10.8 Å². The molecule has 0 aliphatic carbocycles. The lowest BCUT2D eigenvalue weighted by Crippen LogP contribution is -2.44. The van der Waals surface area contributed by atoms with Gasteiger partial charge in [-0.1, -0.05) is 46.3 Å². The fourth-order valence-electron chi connectivity index (χ4n) is 2.71. The van der Waals surface area contributed by atoms with Gasteiger partial charge in [-0.2, -0.15) is 0 Å². The van der Waals surface area contributed by atoms with Crippen LogP contribution in [0, 0.1) is 0 Å². The molecule has 3 aromatic carbocycles. The number of hydrogen-bond donors (Lipinski definition) is 3. The number of anilines is 1. The van der Waals surface area contributed by atoms with Crippen molar-refractivity contribution < 1.29 is 19.1 Å². The smallest absolute Gasteiger partial charge is 0.276 e. The van der Waals surface area contributed by atoms with E-state index in [2.05, 4.69) is 48.0 Å². The van der Waals surface area contributed by atoms with Crippen LogP contribution in [0.4, 0.5) is 5.69 Å². The molecular weight excluding hydrogens is 530 g/mol. The second-order valence-electron chi connectivity index (χ2n) is 6.54. The summed E-state index contributed by atoms with van der Waals surface area (Å²) < 4.78 is 7.25. The maximum atomic E-state index is 12.0. The van der Waals surface area contributed by atoms with Crippen LogP contribution in [0.15, 0.2) is 69.6 Å². The van der Waals surface area contributed by atoms with Gasteiger partial charge in [0.15, 0.2) is 6.61 Å². The highest BCUT2D eigenvalue weighted by Gasteiger charge is 2.11. The number of carbonyl (C=O) groups is 3. The molecule has 0 saturated carbocycles. The SMILES string of the molecule is O=C(CCC(=O)Nc1ccccc1)NNC(=O)COc1ccc2cc(Br)ccc2c1Br. The molecule has 0 atom stereocenters. The lowest BCUT2D eigenvalue weighted by molar-refractivity contribution is -0.130. The molecule has 9 heteroatoms. The zero-order chi connectivity index (χ0) is 22.2. The lowest BCUT2D eigenvalue weighted by atomic mass is 10.1. The minimum Gasteiger partial charge on any atom is -0.483 e. The first-order valence-electron chi connectivity index (χ1n) is 9.35. The molecule has 0 radical (unpaired) electrons. The number of amides is 3. The fraction of sp³-hybridized carbons (Fsp3) is 0.136. The second kappa shape index (κ2) is 10.9. The van der Waals surface area contributed by atoms with Crippen molar-refractivity contribution in [3.8, 4) is 5.75 Å². The van der Waals surface area contributed by atoms with Gasteiger partial charge in [0.25, 0.3) is 5.91 Å². The third kappa shape index (κ3) is 6.80. The highest BCUT2D eigenvalue weighted by molar-refractivity contribution is 9.11. The van der Waals surface area contributed by atoms with Crippen LogP contribution in [0.5, 0.6) is 5.75 Å². The predicted octanol–water partition coefficient (Wildman–Crippen LogP) is 4.31. The number of halogens is 2. The number of benzene rings is 3. The van der Waals surface area contributed by atoms with Crippen molar-refractivity contribution in [1.29, 1.82) is 0 Å². The number of ether oxygens (including phenoxy) is 1. The van der Waals surface area contributed by atoms with E-state index in [0.717, 1.165) is 19.7 Å². The maximum absolute atomic E-state index is 12.0. The van der Waals surface area contributed by atoms with E-state index in [1.54, 1.807) is 30.3 Å². The Bertz CT molecular complexity index is 1110.